The van der Waals surface area contributed by atoms with Gasteiger partial charge in [-0.2, -0.15) is 0 Å². The summed E-state index contributed by atoms with van der Waals surface area (Å²) in [5.41, 5.74) is 1.81. The average molecular weight is 227 g/mol. The first-order chi connectivity index (χ1) is 8.25. The number of anilines is 1. The number of rotatable bonds is 4. The average Bonchev–Trinajstić information content (AvgIpc) is 2.38. The highest BCUT2D eigenvalue weighted by Crippen LogP contribution is 2.17. The minimum absolute atomic E-state index is 0.0688. The third kappa shape index (κ3) is 3.04. The maximum absolute atomic E-state index is 10.6. The van der Waals surface area contributed by atoms with Gasteiger partial charge in [0.15, 0.2) is 0 Å². The maximum Gasteiger partial charge on any atom is 0.271 e. The van der Waals surface area contributed by atoms with E-state index in [1.165, 1.54) is 12.1 Å². The van der Waals surface area contributed by atoms with Crippen LogP contribution < -0.4 is 5.32 Å². The number of nitro groups is 1. The summed E-state index contributed by atoms with van der Waals surface area (Å²) in [5.74, 6) is 0. The number of nitro benzene ring substituents is 1. The van der Waals surface area contributed by atoms with Crippen molar-refractivity contribution in [2.45, 2.75) is 6.54 Å². The summed E-state index contributed by atoms with van der Waals surface area (Å²) in [6.45, 7) is 0.624. The van der Waals surface area contributed by atoms with Crippen molar-refractivity contribution in [2.75, 3.05) is 5.32 Å². The number of nitrogens with one attached hydrogen (secondary N) is 1. The lowest BCUT2D eigenvalue weighted by Gasteiger charge is -2.05. The molecule has 0 bridgehead atoms. The fraction of sp³-hybridized carbons (Fsp3) is 0.0769. The Labute approximate surface area is 99.1 Å². The van der Waals surface area contributed by atoms with E-state index in [0.29, 0.717) is 12.2 Å². The van der Waals surface area contributed by atoms with Crippen LogP contribution in [0.25, 0.3) is 0 Å². The van der Waals surface area contributed by atoms with E-state index >= 15 is 0 Å². The van der Waals surface area contributed by atoms with Crippen LogP contribution in [0, 0.1) is 16.2 Å². The topological polar surface area (TPSA) is 55.2 Å². The van der Waals surface area contributed by atoms with Crippen molar-refractivity contribution in [2.24, 2.45) is 0 Å². The molecule has 0 aromatic heterocycles. The van der Waals surface area contributed by atoms with Crippen LogP contribution in [-0.4, -0.2) is 4.92 Å². The van der Waals surface area contributed by atoms with E-state index < -0.39 is 4.92 Å². The number of benzene rings is 2. The molecular formula is C13H11N2O2. The molecule has 2 aromatic carbocycles. The molecule has 85 valence electrons. The van der Waals surface area contributed by atoms with Crippen molar-refractivity contribution in [3.8, 4) is 0 Å². The quantitative estimate of drug-likeness (QED) is 0.645. The van der Waals surface area contributed by atoms with Crippen molar-refractivity contribution < 1.29 is 4.92 Å². The molecule has 4 nitrogen and oxygen atoms in total. The fourth-order valence-electron chi connectivity index (χ4n) is 1.46. The van der Waals surface area contributed by atoms with E-state index in [2.05, 4.69) is 11.4 Å². The lowest BCUT2D eigenvalue weighted by atomic mass is 10.2. The van der Waals surface area contributed by atoms with Crippen molar-refractivity contribution in [3.05, 3.63) is 70.3 Å². The molecule has 0 fully saturated rings. The molecule has 0 aliphatic heterocycles. The highest BCUT2D eigenvalue weighted by molar-refractivity contribution is 5.50. The second kappa shape index (κ2) is 5.12. The Morgan fingerprint density at radius 3 is 2.71 bits per heavy atom. The van der Waals surface area contributed by atoms with Crippen molar-refractivity contribution in [3.63, 3.8) is 0 Å². The standard InChI is InChI=1S/C13H11N2O2/c16-15(17)13-8-4-7-12(9-13)14-10-11-5-2-1-3-6-11/h1-6,8-9,14H,10H2. The number of nitrogens with zero attached hydrogens (tertiary/aromatic N) is 1. The van der Waals surface area contributed by atoms with Gasteiger partial charge in [0, 0.05) is 30.4 Å². The van der Waals surface area contributed by atoms with Gasteiger partial charge in [-0.1, -0.05) is 30.3 Å². The lowest BCUT2D eigenvalue weighted by Crippen LogP contribution is -1.99. The van der Waals surface area contributed by atoms with Gasteiger partial charge >= 0.3 is 0 Å². The predicted molar refractivity (Wildman–Crippen MR) is 65.7 cm³/mol. The third-order valence-corrected chi connectivity index (χ3v) is 2.32. The molecule has 4 heteroatoms. The van der Waals surface area contributed by atoms with Gasteiger partial charge in [0.1, 0.15) is 0 Å². The van der Waals surface area contributed by atoms with Crippen LogP contribution in [-0.2, 0) is 6.54 Å². The molecule has 0 unspecified atom stereocenters. The van der Waals surface area contributed by atoms with Gasteiger partial charge in [-0.15, -0.1) is 0 Å². The normalized spacial score (nSPS) is 9.88. The van der Waals surface area contributed by atoms with Crippen LogP contribution in [0.15, 0.2) is 48.5 Å². The smallest absolute Gasteiger partial charge is 0.271 e. The van der Waals surface area contributed by atoms with Gasteiger partial charge in [0.05, 0.1) is 4.92 Å². The molecular weight excluding hydrogens is 216 g/mol. The summed E-state index contributed by atoms with van der Waals surface area (Å²) in [6, 6.07) is 17.2. The number of hydrogen-bond acceptors (Lipinski definition) is 3. The summed E-state index contributed by atoms with van der Waals surface area (Å²) in [7, 11) is 0. The molecule has 0 amide bonds. The molecule has 1 N–H and O–H groups in total. The molecule has 17 heavy (non-hydrogen) atoms. The minimum atomic E-state index is -0.415. The van der Waals surface area contributed by atoms with Crippen LogP contribution in [0.4, 0.5) is 11.4 Å². The van der Waals surface area contributed by atoms with Crippen LogP contribution in [0.2, 0.25) is 0 Å². The Hall–Kier alpha value is -2.36. The molecule has 2 aromatic rings. The summed E-state index contributed by atoms with van der Waals surface area (Å²) in [4.78, 5) is 10.2. The molecule has 0 heterocycles. The Balaban J connectivity index is 2.04. The summed E-state index contributed by atoms with van der Waals surface area (Å²) >= 11 is 0. The Kier molecular flexibility index (Phi) is 3.35. The molecule has 1 radical (unpaired) electrons. The largest absolute Gasteiger partial charge is 0.380 e. The molecule has 0 aliphatic carbocycles. The van der Waals surface area contributed by atoms with E-state index in [9.17, 15) is 10.1 Å². The van der Waals surface area contributed by atoms with Gasteiger partial charge in [-0.3, -0.25) is 10.1 Å². The van der Waals surface area contributed by atoms with Gasteiger partial charge < -0.3 is 5.32 Å². The first kappa shape index (κ1) is 11.1. The molecule has 0 atom stereocenters. The van der Waals surface area contributed by atoms with Crippen molar-refractivity contribution in [1.82, 2.24) is 0 Å². The van der Waals surface area contributed by atoms with E-state index in [0.717, 1.165) is 5.56 Å². The van der Waals surface area contributed by atoms with E-state index in [1.54, 1.807) is 6.07 Å². The number of non-ortho nitro benzene ring substituents is 1. The van der Waals surface area contributed by atoms with Crippen LogP contribution in [0.1, 0.15) is 5.56 Å². The highest BCUT2D eigenvalue weighted by Gasteiger charge is 2.05. The summed E-state index contributed by atoms with van der Waals surface area (Å²) in [5, 5.41) is 13.7. The zero-order valence-corrected chi connectivity index (χ0v) is 9.09. The second-order valence-corrected chi connectivity index (χ2v) is 3.56. The molecule has 0 aliphatic rings. The second-order valence-electron chi connectivity index (χ2n) is 3.56. The third-order valence-electron chi connectivity index (χ3n) is 2.32. The summed E-state index contributed by atoms with van der Waals surface area (Å²) in [6.07, 6.45) is 0. The number of hydrogen-bond donors (Lipinski definition) is 1. The molecule has 2 rings (SSSR count). The zero-order chi connectivity index (χ0) is 12.1. The van der Waals surface area contributed by atoms with Gasteiger partial charge in [-0.05, 0) is 11.6 Å². The maximum atomic E-state index is 10.6. The van der Waals surface area contributed by atoms with Crippen LogP contribution >= 0.6 is 0 Å². The Bertz CT molecular complexity index is 512. The van der Waals surface area contributed by atoms with Crippen molar-refractivity contribution >= 4 is 11.4 Å². The molecule has 0 saturated carbocycles. The van der Waals surface area contributed by atoms with E-state index in [4.69, 9.17) is 0 Å². The van der Waals surface area contributed by atoms with Gasteiger partial charge in [-0.25, -0.2) is 0 Å². The predicted octanol–water partition coefficient (Wildman–Crippen LogP) is 3.01. The van der Waals surface area contributed by atoms with Crippen LogP contribution in [0.3, 0.4) is 0 Å². The van der Waals surface area contributed by atoms with E-state index in [1.807, 2.05) is 30.3 Å². The van der Waals surface area contributed by atoms with E-state index in [-0.39, 0.29) is 5.69 Å². The SMILES string of the molecule is O=[N+]([O-])c1cc[c]c(NCc2ccccc2)c1. The first-order valence-corrected chi connectivity index (χ1v) is 5.19. The fourth-order valence-corrected chi connectivity index (χ4v) is 1.46. The Morgan fingerprint density at radius 1 is 1.24 bits per heavy atom. The first-order valence-electron chi connectivity index (χ1n) is 5.19. The Morgan fingerprint density at radius 2 is 2.00 bits per heavy atom. The molecule has 0 saturated heterocycles. The van der Waals surface area contributed by atoms with Crippen molar-refractivity contribution in [1.29, 1.82) is 0 Å². The van der Waals surface area contributed by atoms with Gasteiger partial charge in [0.2, 0.25) is 0 Å². The van der Waals surface area contributed by atoms with Gasteiger partial charge in [0.25, 0.3) is 5.69 Å². The summed E-state index contributed by atoms with van der Waals surface area (Å²) < 4.78 is 0. The zero-order valence-electron chi connectivity index (χ0n) is 9.09. The lowest BCUT2D eigenvalue weighted by molar-refractivity contribution is -0.384. The highest BCUT2D eigenvalue weighted by atomic mass is 16.6. The van der Waals surface area contributed by atoms with Crippen LogP contribution in [0.5, 0.6) is 0 Å². The minimum Gasteiger partial charge on any atom is -0.380 e. The monoisotopic (exact) mass is 227 g/mol. The molecule has 0 spiro atoms.